The van der Waals surface area contributed by atoms with Gasteiger partial charge in [0, 0.05) is 47.1 Å². The molecule has 1 aromatic heterocycles. The summed E-state index contributed by atoms with van der Waals surface area (Å²) in [5.41, 5.74) is 3.26. The van der Waals surface area contributed by atoms with Crippen LogP contribution in [0.2, 0.25) is 0 Å². The highest BCUT2D eigenvalue weighted by molar-refractivity contribution is 5.89. The van der Waals surface area contributed by atoms with Crippen LogP contribution in [-0.4, -0.2) is 46.5 Å². The molecule has 4 rings (SSSR count). The molecule has 1 aliphatic heterocycles. The second kappa shape index (κ2) is 12.5. The monoisotopic (exact) mass is 558 g/mol. The Morgan fingerprint density at radius 3 is 2.02 bits per heavy atom. The Labute approximate surface area is 246 Å². The minimum atomic E-state index is -0.246. The molecule has 2 unspecified atom stereocenters. The van der Waals surface area contributed by atoms with Crippen LogP contribution in [0.15, 0.2) is 66.5 Å². The van der Waals surface area contributed by atoms with Crippen LogP contribution in [0.3, 0.4) is 0 Å². The molecule has 2 N–H and O–H groups in total. The van der Waals surface area contributed by atoms with Gasteiger partial charge < -0.3 is 10.6 Å². The number of Topliss-reactive ketones (excluding diaryl/α,β-unsaturated/α-hetero) is 2. The maximum atomic E-state index is 13.3. The van der Waals surface area contributed by atoms with Gasteiger partial charge in [0.15, 0.2) is 11.6 Å². The van der Waals surface area contributed by atoms with Crippen LogP contribution in [0, 0.1) is 17.3 Å². The highest BCUT2D eigenvalue weighted by Crippen LogP contribution is 2.46. The van der Waals surface area contributed by atoms with Crippen LogP contribution in [0.1, 0.15) is 74.3 Å². The van der Waals surface area contributed by atoms with E-state index in [0.29, 0.717) is 12.8 Å². The lowest BCUT2D eigenvalue weighted by atomic mass is 9.73. The van der Waals surface area contributed by atoms with E-state index in [1.54, 1.807) is 0 Å². The number of carbonyl (C=O) groups is 2. The molecule has 1 aliphatic carbocycles. The van der Waals surface area contributed by atoms with Gasteiger partial charge in [-0.3, -0.25) is 19.3 Å². The summed E-state index contributed by atoms with van der Waals surface area (Å²) in [6.45, 7) is 18.6. The fourth-order valence-electron chi connectivity index (χ4n) is 6.35. The third-order valence-electron chi connectivity index (χ3n) is 8.49. The number of nitrogens with one attached hydrogen (secondary N) is 2. The van der Waals surface area contributed by atoms with Crippen molar-refractivity contribution in [1.82, 2.24) is 15.3 Å². The maximum absolute atomic E-state index is 13.3. The third kappa shape index (κ3) is 6.44. The Morgan fingerprint density at radius 1 is 0.854 bits per heavy atom. The molecule has 1 aromatic carbocycles. The topological polar surface area (TPSA) is 66.4 Å². The van der Waals surface area contributed by atoms with Crippen LogP contribution in [-0.2, 0) is 16.0 Å². The number of allylic oxidation sites excluding steroid dienone is 2. The summed E-state index contributed by atoms with van der Waals surface area (Å²) in [5.74, 6) is 0.419. The van der Waals surface area contributed by atoms with Crippen molar-refractivity contribution >= 4 is 22.5 Å². The van der Waals surface area contributed by atoms with Gasteiger partial charge in [0.25, 0.3) is 0 Å². The van der Waals surface area contributed by atoms with Crippen molar-refractivity contribution in [3.05, 3.63) is 72.1 Å². The van der Waals surface area contributed by atoms with E-state index in [9.17, 15) is 9.59 Å². The summed E-state index contributed by atoms with van der Waals surface area (Å²) in [4.78, 5) is 26.5. The Kier molecular flexibility index (Phi) is 9.45. The van der Waals surface area contributed by atoms with Gasteiger partial charge in [-0.15, -0.1) is 0 Å². The number of ketones is 2. The average molecular weight is 559 g/mol. The van der Waals surface area contributed by atoms with Crippen LogP contribution in [0.5, 0.6) is 0 Å². The quantitative estimate of drug-likeness (QED) is 0.311. The first-order valence-electron chi connectivity index (χ1n) is 15.4. The SMILES string of the molecule is CC(C)N[C@@H](CC1=CN(n2cc(C[C@H](NC(C)C)C(=O)C(C)C)c3ccccc32)C2C=CC=CC12C)C(=O)C(C)C. The molecule has 2 heterocycles. The number of para-hydroxylation sites is 1. The number of hydrogen-bond acceptors (Lipinski definition) is 5. The normalized spacial score (nSPS) is 21.8. The number of rotatable bonds is 13. The number of nitrogens with zero attached hydrogens (tertiary/aromatic N) is 2. The molecule has 41 heavy (non-hydrogen) atoms. The molecular formula is C35H50N4O2. The molecule has 0 radical (unpaired) electrons. The maximum Gasteiger partial charge on any atom is 0.152 e. The van der Waals surface area contributed by atoms with Crippen molar-refractivity contribution < 1.29 is 9.59 Å². The van der Waals surface area contributed by atoms with E-state index in [4.69, 9.17) is 0 Å². The van der Waals surface area contributed by atoms with Gasteiger partial charge >= 0.3 is 0 Å². The summed E-state index contributed by atoms with van der Waals surface area (Å²) in [5, 5.41) is 10.6. The highest BCUT2D eigenvalue weighted by atomic mass is 16.1. The van der Waals surface area contributed by atoms with Gasteiger partial charge in [-0.1, -0.05) is 97.9 Å². The van der Waals surface area contributed by atoms with E-state index in [2.05, 4.69) is 116 Å². The molecule has 0 spiro atoms. The van der Waals surface area contributed by atoms with Crippen LogP contribution in [0.25, 0.3) is 10.9 Å². The lowest BCUT2D eigenvalue weighted by molar-refractivity contribution is -0.124. The van der Waals surface area contributed by atoms with E-state index < -0.39 is 0 Å². The molecule has 6 heteroatoms. The minimum Gasteiger partial charge on any atom is -0.305 e. The Bertz CT molecular complexity index is 1350. The largest absolute Gasteiger partial charge is 0.305 e. The first-order valence-corrected chi connectivity index (χ1v) is 15.4. The summed E-state index contributed by atoms with van der Waals surface area (Å²) >= 11 is 0. The number of hydrogen-bond donors (Lipinski definition) is 2. The molecule has 0 amide bonds. The van der Waals surface area contributed by atoms with Crippen molar-refractivity contribution in [2.45, 2.75) is 105 Å². The Balaban J connectivity index is 1.77. The second-order valence-electron chi connectivity index (χ2n) is 13.3. The average Bonchev–Trinajstić information content (AvgIpc) is 3.41. The van der Waals surface area contributed by atoms with Gasteiger partial charge in [0.2, 0.25) is 0 Å². The van der Waals surface area contributed by atoms with Gasteiger partial charge in [0.1, 0.15) is 0 Å². The molecular weight excluding hydrogens is 508 g/mol. The molecule has 6 nitrogen and oxygen atoms in total. The predicted molar refractivity (Wildman–Crippen MR) is 171 cm³/mol. The molecule has 0 saturated carbocycles. The van der Waals surface area contributed by atoms with Crippen molar-refractivity contribution in [3.63, 3.8) is 0 Å². The summed E-state index contributed by atoms with van der Waals surface area (Å²) in [6, 6.07) is 8.48. The number of carbonyl (C=O) groups excluding carboxylic acids is 2. The summed E-state index contributed by atoms with van der Waals surface area (Å²) < 4.78 is 2.26. The summed E-state index contributed by atoms with van der Waals surface area (Å²) in [7, 11) is 0. The zero-order chi connectivity index (χ0) is 30.1. The number of fused-ring (bicyclic) bond motifs is 2. The van der Waals surface area contributed by atoms with Gasteiger partial charge in [-0.05, 0) is 37.0 Å². The van der Waals surface area contributed by atoms with Crippen LogP contribution >= 0.6 is 0 Å². The van der Waals surface area contributed by atoms with E-state index in [-0.39, 0.29) is 59.0 Å². The van der Waals surface area contributed by atoms with Gasteiger partial charge in [-0.2, -0.15) is 0 Å². The second-order valence-corrected chi connectivity index (χ2v) is 13.3. The fraction of sp³-hybridized carbons (Fsp3) is 0.543. The highest BCUT2D eigenvalue weighted by Gasteiger charge is 2.45. The smallest absolute Gasteiger partial charge is 0.152 e. The molecule has 4 atom stereocenters. The zero-order valence-electron chi connectivity index (χ0n) is 26.4. The van der Waals surface area contributed by atoms with Crippen molar-refractivity contribution in [2.75, 3.05) is 5.01 Å². The standard InChI is InChI=1S/C35H50N4O2/c1-22(2)33(40)29(36-24(5)6)18-26-20-38(31-15-11-10-14-28(26)31)39-21-27(35(9)17-13-12-16-32(35)39)19-30(37-25(7)8)34(41)23(3)4/h10-17,20-25,29-30,32,36-37H,18-19H2,1-9H3/t29-,30-,32?,35?/m0/s1. The lowest BCUT2D eigenvalue weighted by Gasteiger charge is -2.37. The molecule has 0 saturated heterocycles. The Hall–Kier alpha value is -2.96. The zero-order valence-corrected chi connectivity index (χ0v) is 26.4. The van der Waals surface area contributed by atoms with Gasteiger partial charge in [0.05, 0.1) is 23.6 Å². The first-order chi connectivity index (χ1) is 19.3. The molecule has 0 fully saturated rings. The molecule has 0 bridgehead atoms. The van der Waals surface area contributed by atoms with E-state index >= 15 is 0 Å². The Morgan fingerprint density at radius 2 is 1.44 bits per heavy atom. The minimum absolute atomic E-state index is 0.0355. The predicted octanol–water partition coefficient (Wildman–Crippen LogP) is 6.09. The van der Waals surface area contributed by atoms with Crippen molar-refractivity contribution in [1.29, 1.82) is 0 Å². The summed E-state index contributed by atoms with van der Waals surface area (Å²) in [6.07, 6.45) is 14.6. The van der Waals surface area contributed by atoms with Crippen molar-refractivity contribution in [2.24, 2.45) is 17.3 Å². The molecule has 2 aromatic rings. The molecule has 222 valence electrons. The van der Waals surface area contributed by atoms with Crippen LogP contribution < -0.4 is 15.6 Å². The van der Waals surface area contributed by atoms with E-state index in [0.717, 1.165) is 16.5 Å². The fourth-order valence-corrected chi connectivity index (χ4v) is 6.35. The van der Waals surface area contributed by atoms with E-state index in [1.165, 1.54) is 5.57 Å². The first kappa shape index (κ1) is 31.0. The van der Waals surface area contributed by atoms with E-state index in [1.807, 2.05) is 27.7 Å². The number of aromatic nitrogens is 1. The molecule has 2 aliphatic rings. The van der Waals surface area contributed by atoms with Gasteiger partial charge in [-0.25, -0.2) is 0 Å². The third-order valence-corrected chi connectivity index (χ3v) is 8.49. The van der Waals surface area contributed by atoms with Crippen molar-refractivity contribution in [3.8, 4) is 0 Å². The van der Waals surface area contributed by atoms with Crippen LogP contribution in [0.4, 0.5) is 0 Å². The number of benzene rings is 1. The lowest BCUT2D eigenvalue weighted by Crippen LogP contribution is -2.45.